The Morgan fingerprint density at radius 2 is 1.88 bits per heavy atom. The van der Waals surface area contributed by atoms with Crippen LogP contribution in [-0.2, 0) is 14.3 Å². The summed E-state index contributed by atoms with van der Waals surface area (Å²) >= 11 is 0. The fourth-order valence-corrected chi connectivity index (χ4v) is 0.899. The number of hydrogen-bond acceptors (Lipinski definition) is 7. The van der Waals surface area contributed by atoms with E-state index in [9.17, 15) is 14.7 Å². The van der Waals surface area contributed by atoms with E-state index < -0.39 is 43.3 Å². The van der Waals surface area contributed by atoms with Gasteiger partial charge in [-0.2, -0.15) is 0 Å². The van der Waals surface area contributed by atoms with Gasteiger partial charge in [0.25, 0.3) is 0 Å². The Morgan fingerprint density at radius 1 is 1.31 bits per heavy atom. The second kappa shape index (κ2) is 7.07. The molecule has 0 amide bonds. The van der Waals surface area contributed by atoms with E-state index in [2.05, 4.69) is 11.3 Å². The summed E-state index contributed by atoms with van der Waals surface area (Å²) in [5.41, 5.74) is 0. The van der Waals surface area contributed by atoms with Gasteiger partial charge in [0.15, 0.2) is 6.10 Å². The maximum absolute atomic E-state index is 11.1. The third kappa shape index (κ3) is 4.07. The molecular weight excluding hydrogens is 220 g/mol. The van der Waals surface area contributed by atoms with E-state index in [1.807, 2.05) is 0 Å². The first-order valence-corrected chi connectivity index (χ1v) is 4.41. The molecule has 0 saturated heterocycles. The number of carbonyl (C=O) groups is 2. The minimum absolute atomic E-state index is 0.760. The molecule has 0 aliphatic heterocycles. The SMILES string of the molecule is C=CC(=O)O[C@H](C(=O)CO)[C@H](O)[C@H](O)CO. The first kappa shape index (κ1) is 14.7. The van der Waals surface area contributed by atoms with E-state index in [1.165, 1.54) is 0 Å². The summed E-state index contributed by atoms with van der Waals surface area (Å²) < 4.78 is 4.45. The number of ketones is 1. The molecule has 0 fully saturated rings. The van der Waals surface area contributed by atoms with Crippen LogP contribution >= 0.6 is 0 Å². The Labute approximate surface area is 91.6 Å². The molecule has 7 heteroatoms. The van der Waals surface area contributed by atoms with Gasteiger partial charge in [-0.25, -0.2) is 4.79 Å². The lowest BCUT2D eigenvalue weighted by Gasteiger charge is -2.23. The standard InChI is InChI=1S/C9H14O7/c1-2-7(14)16-9(6(13)4-11)8(15)5(12)3-10/h2,5,8-12,15H,1,3-4H2/t5-,8-,9-/m1/s1. The molecule has 3 atom stereocenters. The molecule has 0 spiro atoms. The van der Waals surface area contributed by atoms with Crippen LogP contribution in [0.1, 0.15) is 0 Å². The first-order valence-electron chi connectivity index (χ1n) is 4.41. The summed E-state index contributed by atoms with van der Waals surface area (Å²) in [6.45, 7) is 1.30. The van der Waals surface area contributed by atoms with Crippen molar-refractivity contribution in [2.45, 2.75) is 18.3 Å². The molecule has 0 radical (unpaired) electrons. The molecule has 16 heavy (non-hydrogen) atoms. The van der Waals surface area contributed by atoms with Gasteiger partial charge < -0.3 is 25.2 Å². The number of esters is 1. The van der Waals surface area contributed by atoms with Gasteiger partial charge in [-0.3, -0.25) is 4.79 Å². The fraction of sp³-hybridized carbons (Fsp3) is 0.556. The third-order valence-electron chi connectivity index (χ3n) is 1.77. The molecule has 7 nitrogen and oxygen atoms in total. The van der Waals surface area contributed by atoms with E-state index in [4.69, 9.17) is 15.3 Å². The molecule has 0 aliphatic carbocycles. The molecule has 0 aromatic heterocycles. The highest BCUT2D eigenvalue weighted by Gasteiger charge is 2.34. The van der Waals surface area contributed by atoms with Crippen LogP contribution in [0.4, 0.5) is 0 Å². The van der Waals surface area contributed by atoms with Crippen LogP contribution < -0.4 is 0 Å². The lowest BCUT2D eigenvalue weighted by atomic mass is 10.0. The summed E-state index contributed by atoms with van der Waals surface area (Å²) in [5.74, 6) is -1.98. The highest BCUT2D eigenvalue weighted by atomic mass is 16.6. The highest BCUT2D eigenvalue weighted by Crippen LogP contribution is 2.07. The first-order chi connectivity index (χ1) is 7.47. The van der Waals surface area contributed by atoms with Crippen LogP contribution in [0.5, 0.6) is 0 Å². The summed E-state index contributed by atoms with van der Waals surface area (Å²) in [5, 5.41) is 35.6. The highest BCUT2D eigenvalue weighted by molar-refractivity contribution is 5.89. The van der Waals surface area contributed by atoms with Gasteiger partial charge >= 0.3 is 5.97 Å². The van der Waals surface area contributed by atoms with Gasteiger partial charge in [0.05, 0.1) is 6.61 Å². The minimum atomic E-state index is -1.81. The molecule has 0 heterocycles. The quantitative estimate of drug-likeness (QED) is 0.280. The lowest BCUT2D eigenvalue weighted by Crippen LogP contribution is -2.47. The molecule has 4 N–H and O–H groups in total. The largest absolute Gasteiger partial charge is 0.448 e. The van der Waals surface area contributed by atoms with Crippen LogP contribution in [0.2, 0.25) is 0 Å². The third-order valence-corrected chi connectivity index (χ3v) is 1.77. The van der Waals surface area contributed by atoms with E-state index in [1.54, 1.807) is 0 Å². The number of aliphatic hydroxyl groups is 4. The summed E-state index contributed by atoms with van der Waals surface area (Å²) in [4.78, 5) is 21.9. The van der Waals surface area contributed by atoms with Crippen molar-refractivity contribution < 1.29 is 34.8 Å². The fourth-order valence-electron chi connectivity index (χ4n) is 0.899. The van der Waals surface area contributed by atoms with Crippen LogP contribution in [0.3, 0.4) is 0 Å². The van der Waals surface area contributed by atoms with Gasteiger partial charge in [0.1, 0.15) is 18.8 Å². The Hall–Kier alpha value is -1.28. The van der Waals surface area contributed by atoms with Crippen LogP contribution in [0.25, 0.3) is 0 Å². The van der Waals surface area contributed by atoms with Crippen molar-refractivity contribution in [3.05, 3.63) is 12.7 Å². The van der Waals surface area contributed by atoms with Gasteiger partial charge in [-0.15, -0.1) is 0 Å². The second-order valence-corrected chi connectivity index (χ2v) is 2.93. The molecule has 0 unspecified atom stereocenters. The molecule has 92 valence electrons. The van der Waals surface area contributed by atoms with Gasteiger partial charge in [0.2, 0.25) is 5.78 Å². The van der Waals surface area contributed by atoms with Crippen molar-refractivity contribution in [2.75, 3.05) is 13.2 Å². The Kier molecular flexibility index (Phi) is 6.50. The van der Waals surface area contributed by atoms with Crippen molar-refractivity contribution in [1.29, 1.82) is 0 Å². The predicted molar refractivity (Wildman–Crippen MR) is 51.3 cm³/mol. The van der Waals surface area contributed by atoms with Crippen molar-refractivity contribution >= 4 is 11.8 Å². The van der Waals surface area contributed by atoms with Crippen molar-refractivity contribution in [3.63, 3.8) is 0 Å². The van der Waals surface area contributed by atoms with Gasteiger partial charge in [-0.05, 0) is 0 Å². The van der Waals surface area contributed by atoms with Crippen molar-refractivity contribution in [2.24, 2.45) is 0 Å². The van der Waals surface area contributed by atoms with Crippen LogP contribution in [0.15, 0.2) is 12.7 Å². The van der Waals surface area contributed by atoms with Crippen LogP contribution in [-0.4, -0.2) is 63.7 Å². The topological polar surface area (TPSA) is 124 Å². The zero-order valence-corrected chi connectivity index (χ0v) is 8.44. The monoisotopic (exact) mass is 234 g/mol. The molecule has 0 saturated carbocycles. The molecule has 0 aromatic carbocycles. The van der Waals surface area contributed by atoms with Gasteiger partial charge in [-0.1, -0.05) is 6.58 Å². The zero-order valence-electron chi connectivity index (χ0n) is 8.44. The number of carbonyl (C=O) groups excluding carboxylic acids is 2. The predicted octanol–water partition coefficient (Wildman–Crippen LogP) is -2.64. The molecule has 0 rings (SSSR count). The smallest absolute Gasteiger partial charge is 0.330 e. The number of rotatable bonds is 7. The molecule has 0 aliphatic rings. The lowest BCUT2D eigenvalue weighted by molar-refractivity contribution is -0.165. The Bertz CT molecular complexity index is 263. The molecule has 0 aromatic rings. The van der Waals surface area contributed by atoms with Crippen molar-refractivity contribution in [3.8, 4) is 0 Å². The maximum Gasteiger partial charge on any atom is 0.330 e. The zero-order chi connectivity index (χ0) is 12.7. The Balaban J connectivity index is 4.72. The van der Waals surface area contributed by atoms with Gasteiger partial charge in [0, 0.05) is 6.08 Å². The Morgan fingerprint density at radius 3 is 2.25 bits per heavy atom. The normalized spacial score (nSPS) is 16.0. The summed E-state index contributed by atoms with van der Waals surface area (Å²) in [7, 11) is 0. The summed E-state index contributed by atoms with van der Waals surface area (Å²) in [6, 6.07) is 0. The number of aliphatic hydroxyl groups excluding tert-OH is 4. The average molecular weight is 234 g/mol. The molecular formula is C9H14O7. The minimum Gasteiger partial charge on any atom is -0.448 e. The number of ether oxygens (including phenoxy) is 1. The average Bonchev–Trinajstić information content (AvgIpc) is 2.32. The van der Waals surface area contributed by atoms with E-state index in [-0.39, 0.29) is 0 Å². The molecule has 0 bridgehead atoms. The van der Waals surface area contributed by atoms with Crippen molar-refractivity contribution in [1.82, 2.24) is 0 Å². The summed E-state index contributed by atoms with van der Waals surface area (Å²) in [6.07, 6.45) is -4.44. The van der Waals surface area contributed by atoms with Crippen LogP contribution in [0, 0.1) is 0 Å². The van der Waals surface area contributed by atoms with E-state index in [0.29, 0.717) is 0 Å². The number of Topliss-reactive ketones (excluding diaryl/α,β-unsaturated/α-hetero) is 1. The second-order valence-electron chi connectivity index (χ2n) is 2.93. The maximum atomic E-state index is 11.1. The van der Waals surface area contributed by atoms with E-state index >= 15 is 0 Å². The number of hydrogen-bond donors (Lipinski definition) is 4. The van der Waals surface area contributed by atoms with E-state index in [0.717, 1.165) is 6.08 Å².